The van der Waals surface area contributed by atoms with E-state index in [4.69, 9.17) is 5.73 Å². The van der Waals surface area contributed by atoms with Gasteiger partial charge in [-0.15, -0.1) is 0 Å². The highest BCUT2D eigenvalue weighted by atomic mass is 15.2. The molecule has 0 saturated carbocycles. The van der Waals surface area contributed by atoms with Gasteiger partial charge in [0, 0.05) is 13.1 Å². The minimum absolute atomic E-state index is 0.716. The zero-order valence-electron chi connectivity index (χ0n) is 11.9. The third-order valence-electron chi connectivity index (χ3n) is 3.38. The average Bonchev–Trinajstić information content (AvgIpc) is 2.39. The number of anilines is 2. The second kappa shape index (κ2) is 5.74. The molecule has 0 spiro atoms. The van der Waals surface area contributed by atoms with Crippen LogP contribution in [0.2, 0.25) is 0 Å². The van der Waals surface area contributed by atoms with E-state index < -0.39 is 0 Å². The summed E-state index contributed by atoms with van der Waals surface area (Å²) in [7, 11) is 0. The van der Waals surface area contributed by atoms with E-state index >= 15 is 0 Å². The number of nitrogens with two attached hydrogens (primary N) is 1. The Balaban J connectivity index is 2.28. The molecule has 1 aromatic carbocycles. The number of hydrogen-bond acceptors (Lipinski definition) is 3. The maximum absolute atomic E-state index is 5.76. The van der Waals surface area contributed by atoms with Crippen LogP contribution in [0.15, 0.2) is 36.5 Å². The minimum Gasteiger partial charge on any atom is -0.397 e. The van der Waals surface area contributed by atoms with Crippen molar-refractivity contribution in [2.45, 2.75) is 27.3 Å². The zero-order valence-corrected chi connectivity index (χ0v) is 11.9. The molecule has 0 amide bonds. The van der Waals surface area contributed by atoms with Crippen LogP contribution in [-0.4, -0.2) is 11.5 Å². The van der Waals surface area contributed by atoms with Gasteiger partial charge in [-0.05, 0) is 43.5 Å². The Morgan fingerprint density at radius 2 is 1.89 bits per heavy atom. The molecule has 19 heavy (non-hydrogen) atoms. The quantitative estimate of drug-likeness (QED) is 0.911. The van der Waals surface area contributed by atoms with Crippen LogP contribution in [-0.2, 0) is 6.54 Å². The highest BCUT2D eigenvalue weighted by Crippen LogP contribution is 2.21. The highest BCUT2D eigenvalue weighted by Gasteiger charge is 2.10. The van der Waals surface area contributed by atoms with Crippen molar-refractivity contribution in [3.63, 3.8) is 0 Å². The molecule has 2 N–H and O–H groups in total. The van der Waals surface area contributed by atoms with Crippen molar-refractivity contribution in [1.29, 1.82) is 0 Å². The van der Waals surface area contributed by atoms with Gasteiger partial charge < -0.3 is 10.6 Å². The third kappa shape index (κ3) is 3.05. The normalized spacial score (nSPS) is 10.5. The molecule has 0 saturated heterocycles. The lowest BCUT2D eigenvalue weighted by Crippen LogP contribution is -2.24. The standard InChI is InChI=1S/C16H21N3/c1-4-19(11-14-8-6-5-7-12(14)2)16-13(3)9-15(17)10-18-16/h5-10H,4,11,17H2,1-3H3. The van der Waals surface area contributed by atoms with Crippen LogP contribution >= 0.6 is 0 Å². The Morgan fingerprint density at radius 3 is 2.53 bits per heavy atom. The summed E-state index contributed by atoms with van der Waals surface area (Å²) in [5.74, 6) is 1.01. The van der Waals surface area contributed by atoms with Gasteiger partial charge in [-0.25, -0.2) is 4.98 Å². The molecule has 0 bridgehead atoms. The molecule has 0 fully saturated rings. The summed E-state index contributed by atoms with van der Waals surface area (Å²) < 4.78 is 0. The Labute approximate surface area is 115 Å². The largest absolute Gasteiger partial charge is 0.397 e. The summed E-state index contributed by atoms with van der Waals surface area (Å²) in [5.41, 5.74) is 10.3. The third-order valence-corrected chi connectivity index (χ3v) is 3.38. The van der Waals surface area contributed by atoms with E-state index in [9.17, 15) is 0 Å². The second-order valence-electron chi connectivity index (χ2n) is 4.85. The molecule has 0 aliphatic rings. The molecule has 0 radical (unpaired) electrons. The summed E-state index contributed by atoms with van der Waals surface area (Å²) in [6.45, 7) is 8.15. The molecule has 3 heteroatoms. The summed E-state index contributed by atoms with van der Waals surface area (Å²) >= 11 is 0. The Bertz CT molecular complexity index is 564. The molecular formula is C16H21N3. The molecule has 2 rings (SSSR count). The van der Waals surface area contributed by atoms with Crippen LogP contribution in [0.4, 0.5) is 11.5 Å². The molecule has 0 unspecified atom stereocenters. The van der Waals surface area contributed by atoms with Gasteiger partial charge in [-0.1, -0.05) is 24.3 Å². The van der Waals surface area contributed by atoms with Crippen LogP contribution in [0, 0.1) is 13.8 Å². The first kappa shape index (κ1) is 13.4. The van der Waals surface area contributed by atoms with Crippen molar-refractivity contribution in [2.24, 2.45) is 0 Å². The van der Waals surface area contributed by atoms with Crippen LogP contribution < -0.4 is 10.6 Å². The van der Waals surface area contributed by atoms with Gasteiger partial charge in [-0.3, -0.25) is 0 Å². The van der Waals surface area contributed by atoms with E-state index in [1.54, 1.807) is 6.20 Å². The molecule has 1 heterocycles. The number of rotatable bonds is 4. The van der Waals surface area contributed by atoms with Crippen molar-refractivity contribution < 1.29 is 0 Å². The molecule has 0 atom stereocenters. The monoisotopic (exact) mass is 255 g/mol. The first-order valence-corrected chi connectivity index (χ1v) is 6.63. The first-order valence-electron chi connectivity index (χ1n) is 6.63. The van der Waals surface area contributed by atoms with E-state index in [0.29, 0.717) is 5.69 Å². The van der Waals surface area contributed by atoms with Gasteiger partial charge in [-0.2, -0.15) is 0 Å². The number of benzene rings is 1. The predicted molar refractivity (Wildman–Crippen MR) is 81.3 cm³/mol. The van der Waals surface area contributed by atoms with Gasteiger partial charge in [0.2, 0.25) is 0 Å². The van der Waals surface area contributed by atoms with Crippen LogP contribution in [0.1, 0.15) is 23.6 Å². The second-order valence-corrected chi connectivity index (χ2v) is 4.85. The maximum atomic E-state index is 5.76. The first-order chi connectivity index (χ1) is 9.11. The number of pyridine rings is 1. The number of aryl methyl sites for hydroxylation is 2. The summed E-state index contributed by atoms with van der Waals surface area (Å²) in [6.07, 6.45) is 1.73. The average molecular weight is 255 g/mol. The summed E-state index contributed by atoms with van der Waals surface area (Å²) in [6, 6.07) is 10.4. The minimum atomic E-state index is 0.716. The fourth-order valence-electron chi connectivity index (χ4n) is 2.25. The SMILES string of the molecule is CCN(Cc1ccccc1C)c1ncc(N)cc1C. The van der Waals surface area contributed by atoms with Gasteiger partial charge >= 0.3 is 0 Å². The van der Waals surface area contributed by atoms with E-state index in [1.807, 2.05) is 6.07 Å². The van der Waals surface area contributed by atoms with E-state index in [2.05, 4.69) is 54.9 Å². The summed E-state index contributed by atoms with van der Waals surface area (Å²) in [4.78, 5) is 6.75. The van der Waals surface area contributed by atoms with Crippen molar-refractivity contribution in [2.75, 3.05) is 17.2 Å². The molecule has 2 aromatic rings. The Morgan fingerprint density at radius 1 is 1.16 bits per heavy atom. The van der Waals surface area contributed by atoms with Crippen molar-refractivity contribution in [3.05, 3.63) is 53.2 Å². The van der Waals surface area contributed by atoms with Gasteiger partial charge in [0.25, 0.3) is 0 Å². The number of aromatic nitrogens is 1. The highest BCUT2D eigenvalue weighted by molar-refractivity contribution is 5.53. The van der Waals surface area contributed by atoms with Crippen LogP contribution in [0.25, 0.3) is 0 Å². The van der Waals surface area contributed by atoms with Gasteiger partial charge in [0.05, 0.1) is 11.9 Å². The molecule has 0 aliphatic heterocycles. The lowest BCUT2D eigenvalue weighted by molar-refractivity contribution is 0.805. The van der Waals surface area contributed by atoms with E-state index in [-0.39, 0.29) is 0 Å². The van der Waals surface area contributed by atoms with Gasteiger partial charge in [0.15, 0.2) is 0 Å². The molecule has 100 valence electrons. The Hall–Kier alpha value is -2.03. The molecule has 1 aromatic heterocycles. The van der Waals surface area contributed by atoms with Crippen molar-refractivity contribution in [3.8, 4) is 0 Å². The summed E-state index contributed by atoms with van der Waals surface area (Å²) in [5, 5.41) is 0. The molecule has 3 nitrogen and oxygen atoms in total. The smallest absolute Gasteiger partial charge is 0.131 e. The molecule has 0 aliphatic carbocycles. The number of hydrogen-bond donors (Lipinski definition) is 1. The maximum Gasteiger partial charge on any atom is 0.131 e. The molecular weight excluding hydrogens is 234 g/mol. The van der Waals surface area contributed by atoms with E-state index in [1.165, 1.54) is 11.1 Å². The van der Waals surface area contributed by atoms with Crippen LogP contribution in [0.3, 0.4) is 0 Å². The van der Waals surface area contributed by atoms with Crippen molar-refractivity contribution >= 4 is 11.5 Å². The number of nitrogens with zero attached hydrogens (tertiary/aromatic N) is 2. The Kier molecular flexibility index (Phi) is 4.05. The topological polar surface area (TPSA) is 42.2 Å². The lowest BCUT2D eigenvalue weighted by Gasteiger charge is -2.24. The van der Waals surface area contributed by atoms with Gasteiger partial charge in [0.1, 0.15) is 5.82 Å². The number of nitrogen functional groups attached to an aromatic ring is 1. The predicted octanol–water partition coefficient (Wildman–Crippen LogP) is 3.31. The van der Waals surface area contributed by atoms with E-state index in [0.717, 1.165) is 24.5 Å². The lowest BCUT2D eigenvalue weighted by atomic mass is 10.1. The van der Waals surface area contributed by atoms with Crippen molar-refractivity contribution in [1.82, 2.24) is 4.98 Å². The van der Waals surface area contributed by atoms with Crippen LogP contribution in [0.5, 0.6) is 0 Å². The zero-order chi connectivity index (χ0) is 13.8. The fourth-order valence-corrected chi connectivity index (χ4v) is 2.25. The fraction of sp³-hybridized carbons (Fsp3) is 0.312.